The lowest BCUT2D eigenvalue weighted by molar-refractivity contribution is -0.124. The van der Waals surface area contributed by atoms with E-state index in [1.54, 1.807) is 7.11 Å². The van der Waals surface area contributed by atoms with Gasteiger partial charge in [-0.1, -0.05) is 12.1 Å². The third-order valence-electron chi connectivity index (χ3n) is 3.30. The van der Waals surface area contributed by atoms with Crippen LogP contribution >= 0.6 is 0 Å². The molecule has 0 radical (unpaired) electrons. The summed E-state index contributed by atoms with van der Waals surface area (Å²) in [4.78, 5) is 16.2. The zero-order valence-electron chi connectivity index (χ0n) is 11.6. The van der Waals surface area contributed by atoms with Crippen molar-refractivity contribution >= 4 is 11.9 Å². The van der Waals surface area contributed by atoms with Gasteiger partial charge in [-0.3, -0.25) is 15.2 Å². The number of hydrogen-bond donors (Lipinski definition) is 2. The van der Waals surface area contributed by atoms with Crippen molar-refractivity contribution in [2.45, 2.75) is 18.9 Å². The molecule has 1 amide bonds. The summed E-state index contributed by atoms with van der Waals surface area (Å²) in [6.07, 6.45) is 1.23. The Labute approximate surface area is 121 Å². The van der Waals surface area contributed by atoms with Crippen LogP contribution in [0.5, 0.6) is 5.75 Å². The molecule has 21 heavy (non-hydrogen) atoms. The summed E-state index contributed by atoms with van der Waals surface area (Å²) in [5.74, 6) is 1.25. The van der Waals surface area contributed by atoms with Gasteiger partial charge in [0.2, 0.25) is 5.95 Å². The SMILES string of the molecule is COc1ccccc1-c1nc(NC(=O)C2CCCO2)n[nH]1. The lowest BCUT2D eigenvalue weighted by atomic mass is 10.2. The number of benzene rings is 1. The number of amides is 1. The molecule has 2 heterocycles. The fourth-order valence-electron chi connectivity index (χ4n) is 2.25. The molecule has 1 atom stereocenters. The summed E-state index contributed by atoms with van der Waals surface area (Å²) in [5, 5.41) is 9.45. The Bertz CT molecular complexity index is 635. The minimum atomic E-state index is -0.404. The van der Waals surface area contributed by atoms with Crippen LogP contribution in [-0.4, -0.2) is 40.9 Å². The van der Waals surface area contributed by atoms with E-state index in [1.165, 1.54) is 0 Å². The summed E-state index contributed by atoms with van der Waals surface area (Å²) >= 11 is 0. The molecular weight excluding hydrogens is 272 g/mol. The highest BCUT2D eigenvalue weighted by atomic mass is 16.5. The van der Waals surface area contributed by atoms with Gasteiger partial charge in [0.15, 0.2) is 5.82 Å². The van der Waals surface area contributed by atoms with E-state index in [2.05, 4.69) is 20.5 Å². The molecule has 1 unspecified atom stereocenters. The third kappa shape index (κ3) is 2.87. The van der Waals surface area contributed by atoms with E-state index in [9.17, 15) is 4.79 Å². The summed E-state index contributed by atoms with van der Waals surface area (Å²) in [6.45, 7) is 0.624. The first-order valence-corrected chi connectivity index (χ1v) is 6.76. The van der Waals surface area contributed by atoms with Crippen LogP contribution in [0.1, 0.15) is 12.8 Å². The smallest absolute Gasteiger partial charge is 0.255 e. The minimum absolute atomic E-state index is 0.210. The molecule has 1 aliphatic heterocycles. The molecule has 1 aliphatic rings. The predicted octanol–water partition coefficient (Wildman–Crippen LogP) is 1.60. The molecule has 1 fully saturated rings. The molecule has 0 aliphatic carbocycles. The van der Waals surface area contributed by atoms with E-state index in [1.807, 2.05) is 24.3 Å². The average molecular weight is 288 g/mol. The Kier molecular flexibility index (Phi) is 3.83. The van der Waals surface area contributed by atoms with Gasteiger partial charge >= 0.3 is 0 Å². The number of carbonyl (C=O) groups excluding carboxylic acids is 1. The molecule has 1 aromatic heterocycles. The molecule has 7 heteroatoms. The van der Waals surface area contributed by atoms with Gasteiger partial charge in [0.1, 0.15) is 11.9 Å². The fraction of sp³-hybridized carbons (Fsp3) is 0.357. The first-order chi connectivity index (χ1) is 10.3. The maximum absolute atomic E-state index is 11.9. The number of rotatable bonds is 4. The Morgan fingerprint density at radius 3 is 3.10 bits per heavy atom. The number of methoxy groups -OCH3 is 1. The van der Waals surface area contributed by atoms with Crippen LogP contribution < -0.4 is 10.1 Å². The van der Waals surface area contributed by atoms with Crippen molar-refractivity contribution in [2.75, 3.05) is 19.0 Å². The first kappa shape index (κ1) is 13.6. The standard InChI is InChI=1S/C14H16N4O3/c1-20-10-6-3-2-5-9(10)12-15-14(18-17-12)16-13(19)11-7-4-8-21-11/h2-3,5-6,11H,4,7-8H2,1H3,(H2,15,16,17,18,19). The van der Waals surface area contributed by atoms with Crippen LogP contribution in [0, 0.1) is 0 Å². The third-order valence-corrected chi connectivity index (χ3v) is 3.30. The van der Waals surface area contributed by atoms with Crippen LogP contribution in [0.4, 0.5) is 5.95 Å². The van der Waals surface area contributed by atoms with Crippen molar-refractivity contribution in [3.63, 3.8) is 0 Å². The quantitative estimate of drug-likeness (QED) is 0.892. The summed E-state index contributed by atoms with van der Waals surface area (Å²) in [6, 6.07) is 7.46. The van der Waals surface area contributed by atoms with Crippen molar-refractivity contribution in [3.8, 4) is 17.1 Å². The van der Waals surface area contributed by atoms with E-state index in [4.69, 9.17) is 9.47 Å². The van der Waals surface area contributed by atoms with Gasteiger partial charge in [-0.2, -0.15) is 4.98 Å². The van der Waals surface area contributed by atoms with Gasteiger partial charge in [0, 0.05) is 6.61 Å². The average Bonchev–Trinajstić information content (AvgIpc) is 3.18. The second-order valence-electron chi connectivity index (χ2n) is 4.70. The number of nitrogens with zero attached hydrogens (tertiary/aromatic N) is 2. The van der Waals surface area contributed by atoms with Gasteiger partial charge < -0.3 is 9.47 Å². The van der Waals surface area contributed by atoms with Gasteiger partial charge in [-0.25, -0.2) is 0 Å². The molecule has 1 saturated heterocycles. The minimum Gasteiger partial charge on any atom is -0.496 e. The number of anilines is 1. The molecule has 1 aromatic carbocycles. The lowest BCUT2D eigenvalue weighted by Gasteiger charge is -2.07. The second-order valence-corrected chi connectivity index (χ2v) is 4.70. The Hall–Kier alpha value is -2.41. The molecule has 7 nitrogen and oxygen atoms in total. The number of hydrogen-bond acceptors (Lipinski definition) is 5. The van der Waals surface area contributed by atoms with Crippen LogP contribution in [0.15, 0.2) is 24.3 Å². The summed E-state index contributed by atoms with van der Waals surface area (Å²) in [7, 11) is 1.59. The molecular formula is C14H16N4O3. The number of nitrogens with one attached hydrogen (secondary N) is 2. The number of para-hydroxylation sites is 1. The van der Waals surface area contributed by atoms with E-state index >= 15 is 0 Å². The molecule has 2 aromatic rings. The normalized spacial score (nSPS) is 17.7. The van der Waals surface area contributed by atoms with E-state index in [0.717, 1.165) is 18.4 Å². The highest BCUT2D eigenvalue weighted by Crippen LogP contribution is 2.27. The molecule has 2 N–H and O–H groups in total. The van der Waals surface area contributed by atoms with Gasteiger partial charge in [-0.15, -0.1) is 5.10 Å². The van der Waals surface area contributed by atoms with Crippen LogP contribution in [0.2, 0.25) is 0 Å². The highest BCUT2D eigenvalue weighted by molar-refractivity contribution is 5.93. The lowest BCUT2D eigenvalue weighted by Crippen LogP contribution is -2.27. The Morgan fingerprint density at radius 1 is 1.48 bits per heavy atom. The molecule has 0 spiro atoms. The summed E-state index contributed by atoms with van der Waals surface area (Å²) < 4.78 is 10.6. The molecule has 0 saturated carbocycles. The maximum atomic E-state index is 11.9. The van der Waals surface area contributed by atoms with E-state index in [-0.39, 0.29) is 11.9 Å². The fourth-order valence-corrected chi connectivity index (χ4v) is 2.25. The Balaban J connectivity index is 1.75. The van der Waals surface area contributed by atoms with Crippen LogP contribution in [-0.2, 0) is 9.53 Å². The van der Waals surface area contributed by atoms with Crippen LogP contribution in [0.25, 0.3) is 11.4 Å². The van der Waals surface area contributed by atoms with E-state index in [0.29, 0.717) is 18.2 Å². The number of aromatic amines is 1. The van der Waals surface area contributed by atoms with E-state index < -0.39 is 6.10 Å². The zero-order chi connectivity index (χ0) is 14.7. The van der Waals surface area contributed by atoms with Crippen LogP contribution in [0.3, 0.4) is 0 Å². The molecule has 0 bridgehead atoms. The van der Waals surface area contributed by atoms with Gasteiger partial charge in [0.05, 0.1) is 12.7 Å². The van der Waals surface area contributed by atoms with Gasteiger partial charge in [0.25, 0.3) is 5.91 Å². The maximum Gasteiger partial charge on any atom is 0.255 e. The number of H-pyrrole nitrogens is 1. The summed E-state index contributed by atoms with van der Waals surface area (Å²) in [5.41, 5.74) is 0.783. The van der Waals surface area contributed by atoms with Crippen molar-refractivity contribution in [2.24, 2.45) is 0 Å². The predicted molar refractivity (Wildman–Crippen MR) is 76.0 cm³/mol. The zero-order valence-corrected chi connectivity index (χ0v) is 11.6. The van der Waals surface area contributed by atoms with Crippen molar-refractivity contribution in [1.82, 2.24) is 15.2 Å². The number of aromatic nitrogens is 3. The number of ether oxygens (including phenoxy) is 2. The second kappa shape index (κ2) is 5.92. The first-order valence-electron chi connectivity index (χ1n) is 6.76. The topological polar surface area (TPSA) is 89.1 Å². The van der Waals surface area contributed by atoms with Crippen molar-refractivity contribution in [1.29, 1.82) is 0 Å². The Morgan fingerprint density at radius 2 is 2.33 bits per heavy atom. The number of carbonyl (C=O) groups is 1. The van der Waals surface area contributed by atoms with Crippen molar-refractivity contribution in [3.05, 3.63) is 24.3 Å². The highest BCUT2D eigenvalue weighted by Gasteiger charge is 2.24. The van der Waals surface area contributed by atoms with Crippen molar-refractivity contribution < 1.29 is 14.3 Å². The molecule has 3 rings (SSSR count). The van der Waals surface area contributed by atoms with Gasteiger partial charge in [-0.05, 0) is 25.0 Å². The largest absolute Gasteiger partial charge is 0.496 e. The molecule has 110 valence electrons. The monoisotopic (exact) mass is 288 g/mol.